The molecule has 4 rings (SSSR count). The molecule has 0 saturated carbocycles. The number of pyridine rings is 1. The van der Waals surface area contributed by atoms with Crippen molar-refractivity contribution in [2.45, 2.75) is 6.92 Å². The minimum Gasteiger partial charge on any atom is -0.464 e. The van der Waals surface area contributed by atoms with E-state index in [0.717, 1.165) is 11.1 Å². The Kier molecular flexibility index (Phi) is 3.89. The first-order valence-corrected chi connectivity index (χ1v) is 8.20. The van der Waals surface area contributed by atoms with Gasteiger partial charge in [0, 0.05) is 23.0 Å². The third-order valence-corrected chi connectivity index (χ3v) is 4.20. The number of anilines is 1. The Bertz CT molecular complexity index is 1090. The quantitative estimate of drug-likeness (QED) is 0.443. The van der Waals surface area contributed by atoms with Gasteiger partial charge in [-0.05, 0) is 49.4 Å². The summed E-state index contributed by atoms with van der Waals surface area (Å²) < 4.78 is 7.16. The van der Waals surface area contributed by atoms with Gasteiger partial charge in [0.2, 0.25) is 0 Å². The molecule has 1 N–H and O–H groups in total. The van der Waals surface area contributed by atoms with E-state index >= 15 is 0 Å². The largest absolute Gasteiger partial charge is 0.464 e. The number of nitrogens with one attached hydrogen (secondary N) is 1. The number of fused-ring (bicyclic) bond motifs is 1. The Labute approximate surface area is 149 Å². The van der Waals surface area contributed by atoms with Gasteiger partial charge in [0.25, 0.3) is 11.7 Å². The van der Waals surface area contributed by atoms with Gasteiger partial charge in [0.05, 0.1) is 6.26 Å². The normalized spacial score (nSPS) is 10.8. The van der Waals surface area contributed by atoms with Crippen LogP contribution < -0.4 is 5.32 Å². The van der Waals surface area contributed by atoms with E-state index in [0.29, 0.717) is 17.0 Å². The zero-order valence-corrected chi connectivity index (χ0v) is 14.1. The Hall–Kier alpha value is -3.60. The molecule has 0 atom stereocenters. The van der Waals surface area contributed by atoms with Crippen LogP contribution >= 0.6 is 0 Å². The first kappa shape index (κ1) is 15.9. The molecule has 0 aliphatic carbocycles. The minimum absolute atomic E-state index is 0.278. The summed E-state index contributed by atoms with van der Waals surface area (Å²) in [6.07, 6.45) is 3.30. The fourth-order valence-electron chi connectivity index (χ4n) is 2.91. The lowest BCUT2D eigenvalue weighted by Gasteiger charge is -2.07. The first-order valence-electron chi connectivity index (χ1n) is 8.20. The predicted molar refractivity (Wildman–Crippen MR) is 99.2 cm³/mol. The van der Waals surface area contributed by atoms with E-state index in [2.05, 4.69) is 5.32 Å². The highest BCUT2D eigenvalue weighted by molar-refractivity contribution is 6.47. The molecular weight excluding hydrogens is 328 g/mol. The fraction of sp³-hybridized carbons (Fsp3) is 0.0476. The van der Waals surface area contributed by atoms with E-state index in [1.807, 2.05) is 43.3 Å². The third-order valence-electron chi connectivity index (χ3n) is 4.20. The van der Waals surface area contributed by atoms with Crippen molar-refractivity contribution in [3.8, 4) is 11.3 Å². The summed E-state index contributed by atoms with van der Waals surface area (Å²) in [5, 5.41) is 2.66. The van der Waals surface area contributed by atoms with Crippen LogP contribution in [0.4, 0.5) is 5.69 Å². The second kappa shape index (κ2) is 6.37. The Morgan fingerprint density at radius 2 is 1.81 bits per heavy atom. The first-order chi connectivity index (χ1) is 12.6. The zero-order valence-electron chi connectivity index (χ0n) is 14.1. The number of benzene rings is 1. The lowest BCUT2D eigenvalue weighted by Crippen LogP contribution is -2.24. The van der Waals surface area contributed by atoms with Crippen molar-refractivity contribution in [2.75, 3.05) is 5.32 Å². The molecule has 0 aliphatic heterocycles. The summed E-state index contributed by atoms with van der Waals surface area (Å²) in [5.41, 5.74) is 3.33. The van der Waals surface area contributed by atoms with Gasteiger partial charge in [0.15, 0.2) is 0 Å². The lowest BCUT2D eigenvalue weighted by atomic mass is 10.1. The smallest absolute Gasteiger partial charge is 0.298 e. The van der Waals surface area contributed by atoms with Crippen LogP contribution in [0.3, 0.4) is 0 Å². The van der Waals surface area contributed by atoms with Gasteiger partial charge in [-0.3, -0.25) is 9.59 Å². The molecule has 3 aromatic heterocycles. The zero-order chi connectivity index (χ0) is 18.1. The number of furan rings is 1. The second-order valence-electron chi connectivity index (χ2n) is 6.03. The van der Waals surface area contributed by atoms with Crippen molar-refractivity contribution in [2.24, 2.45) is 0 Å². The van der Waals surface area contributed by atoms with Gasteiger partial charge in [-0.2, -0.15) is 0 Å². The van der Waals surface area contributed by atoms with Crippen molar-refractivity contribution in [1.29, 1.82) is 0 Å². The summed E-state index contributed by atoms with van der Waals surface area (Å²) in [5.74, 6) is -0.770. The van der Waals surface area contributed by atoms with Crippen molar-refractivity contribution in [1.82, 2.24) is 4.40 Å². The summed E-state index contributed by atoms with van der Waals surface area (Å²) >= 11 is 0. The number of aryl methyl sites for hydroxylation is 1. The van der Waals surface area contributed by atoms with E-state index in [1.165, 1.54) is 6.26 Å². The lowest BCUT2D eigenvalue weighted by molar-refractivity contribution is -0.112. The Morgan fingerprint density at radius 3 is 2.54 bits per heavy atom. The molecule has 26 heavy (non-hydrogen) atoms. The number of hydrogen-bond donors (Lipinski definition) is 1. The van der Waals surface area contributed by atoms with E-state index in [-0.39, 0.29) is 5.69 Å². The minimum atomic E-state index is -0.689. The molecule has 0 unspecified atom stereocenters. The second-order valence-corrected chi connectivity index (χ2v) is 6.03. The van der Waals surface area contributed by atoms with Crippen LogP contribution in [0.15, 0.2) is 77.5 Å². The van der Waals surface area contributed by atoms with Gasteiger partial charge in [-0.15, -0.1) is 0 Å². The highest BCUT2D eigenvalue weighted by atomic mass is 16.3. The third kappa shape index (κ3) is 2.80. The number of rotatable bonds is 4. The molecule has 128 valence electrons. The van der Waals surface area contributed by atoms with E-state index < -0.39 is 11.7 Å². The molecule has 1 aromatic carbocycles. The Balaban J connectivity index is 1.75. The molecular formula is C21H16N2O3. The van der Waals surface area contributed by atoms with Crippen molar-refractivity contribution >= 4 is 22.9 Å². The van der Waals surface area contributed by atoms with Crippen LogP contribution in [0.5, 0.6) is 0 Å². The summed E-state index contributed by atoms with van der Waals surface area (Å²) in [6.45, 7) is 1.96. The highest BCUT2D eigenvalue weighted by Gasteiger charge is 2.25. The maximum Gasteiger partial charge on any atom is 0.298 e. The monoisotopic (exact) mass is 344 g/mol. The molecule has 0 aliphatic rings. The number of carbonyl (C=O) groups is 2. The number of carbonyl (C=O) groups excluding carboxylic acids is 2. The number of Topliss-reactive ketones (excluding diaryl/α,β-unsaturated/α-hetero) is 1. The molecule has 4 aromatic rings. The highest BCUT2D eigenvalue weighted by Crippen LogP contribution is 2.29. The SMILES string of the molecule is Cc1ccc(NC(=O)C(=O)c2c(-c3ccco3)cc3ccccn23)cc1. The summed E-state index contributed by atoms with van der Waals surface area (Å²) in [6, 6.07) is 18.2. The molecule has 1 amide bonds. The molecule has 0 spiro atoms. The van der Waals surface area contributed by atoms with Crippen LogP contribution in [-0.4, -0.2) is 16.1 Å². The molecule has 0 fully saturated rings. The van der Waals surface area contributed by atoms with Gasteiger partial charge < -0.3 is 14.1 Å². The average Bonchev–Trinajstić information content (AvgIpc) is 3.30. The molecule has 0 bridgehead atoms. The van der Waals surface area contributed by atoms with Crippen LogP contribution in [0.1, 0.15) is 16.1 Å². The molecule has 0 saturated heterocycles. The van der Waals surface area contributed by atoms with Gasteiger partial charge in [-0.1, -0.05) is 23.8 Å². The standard InChI is InChI=1S/C21H16N2O3/c1-14-7-9-15(10-8-14)22-21(25)20(24)19-17(18-6-4-12-26-18)13-16-5-2-3-11-23(16)19/h2-13H,1H3,(H,22,25). The fourth-order valence-corrected chi connectivity index (χ4v) is 2.91. The van der Waals surface area contributed by atoms with Gasteiger partial charge >= 0.3 is 0 Å². The van der Waals surface area contributed by atoms with Crippen molar-refractivity contribution in [3.63, 3.8) is 0 Å². The number of amides is 1. The van der Waals surface area contributed by atoms with Crippen LogP contribution in [-0.2, 0) is 4.79 Å². The molecule has 5 heteroatoms. The molecule has 0 radical (unpaired) electrons. The summed E-state index contributed by atoms with van der Waals surface area (Å²) in [4.78, 5) is 25.5. The molecule has 3 heterocycles. The van der Waals surface area contributed by atoms with Gasteiger partial charge in [-0.25, -0.2) is 0 Å². The van der Waals surface area contributed by atoms with E-state index in [4.69, 9.17) is 4.42 Å². The van der Waals surface area contributed by atoms with E-state index in [9.17, 15) is 9.59 Å². The maximum atomic E-state index is 12.9. The Morgan fingerprint density at radius 1 is 1.00 bits per heavy atom. The van der Waals surface area contributed by atoms with Crippen molar-refractivity contribution in [3.05, 3.63) is 84.4 Å². The number of nitrogens with zero attached hydrogens (tertiary/aromatic N) is 1. The topological polar surface area (TPSA) is 63.7 Å². The number of hydrogen-bond acceptors (Lipinski definition) is 3. The van der Waals surface area contributed by atoms with Crippen LogP contribution in [0.25, 0.3) is 16.8 Å². The average molecular weight is 344 g/mol. The van der Waals surface area contributed by atoms with Crippen LogP contribution in [0, 0.1) is 6.92 Å². The van der Waals surface area contributed by atoms with Crippen molar-refractivity contribution < 1.29 is 14.0 Å². The number of aromatic nitrogens is 1. The predicted octanol–water partition coefficient (Wildman–Crippen LogP) is 4.33. The molecule has 5 nitrogen and oxygen atoms in total. The van der Waals surface area contributed by atoms with Gasteiger partial charge in [0.1, 0.15) is 11.5 Å². The number of ketones is 1. The van der Waals surface area contributed by atoms with Crippen LogP contribution in [0.2, 0.25) is 0 Å². The summed E-state index contributed by atoms with van der Waals surface area (Å²) in [7, 11) is 0. The van der Waals surface area contributed by atoms with E-state index in [1.54, 1.807) is 34.9 Å². The maximum absolute atomic E-state index is 12.9.